The number of aromatic amines is 1. The van der Waals surface area contributed by atoms with Crippen LogP contribution in [-0.2, 0) is 0 Å². The van der Waals surface area contributed by atoms with Crippen LogP contribution in [0.1, 0.15) is 0 Å². The highest BCUT2D eigenvalue weighted by atomic mass is 16.3. The Kier molecular flexibility index (Phi) is 5.49. The number of nitrogens with zero attached hydrogens (tertiary/aromatic N) is 6. The summed E-state index contributed by atoms with van der Waals surface area (Å²) in [4.78, 5) is 0. The third-order valence-electron chi connectivity index (χ3n) is 1.21. The lowest BCUT2D eigenvalue weighted by Crippen LogP contribution is -2.14. The Morgan fingerprint density at radius 2 is 1.87 bits per heavy atom. The Labute approximate surface area is 82.3 Å². The molecule has 0 aromatic carbocycles. The first-order valence-corrected chi connectivity index (χ1v) is 2.90. The zero-order valence-electron chi connectivity index (χ0n) is 7.67. The minimum absolute atomic E-state index is 0. The summed E-state index contributed by atoms with van der Waals surface area (Å²) in [7, 11) is 0. The molecular weight excluding hydrogens is 210 g/mol. The van der Waals surface area contributed by atoms with E-state index in [4.69, 9.17) is 5.84 Å². The van der Waals surface area contributed by atoms with Gasteiger partial charge in [-0.3, -0.25) is 0 Å². The second-order valence-electron chi connectivity index (χ2n) is 1.91. The largest absolute Gasteiger partial charge is 0.843 e. The van der Waals surface area contributed by atoms with E-state index in [2.05, 4.69) is 30.8 Å². The van der Waals surface area contributed by atoms with Crippen molar-refractivity contribution in [3.8, 4) is 17.7 Å². The van der Waals surface area contributed by atoms with Crippen LogP contribution >= 0.6 is 0 Å². The van der Waals surface area contributed by atoms with Gasteiger partial charge in [0, 0.05) is 0 Å². The molecule has 2 aromatic rings. The summed E-state index contributed by atoms with van der Waals surface area (Å²) in [6.07, 6.45) is 0. The molecular formula is C3H11N9O3. The van der Waals surface area contributed by atoms with E-state index in [1.165, 1.54) is 0 Å². The van der Waals surface area contributed by atoms with Gasteiger partial charge in [-0.1, -0.05) is 0 Å². The van der Waals surface area contributed by atoms with Crippen molar-refractivity contribution in [2.75, 3.05) is 5.84 Å². The molecule has 0 aliphatic heterocycles. The molecule has 0 saturated heterocycles. The molecule has 0 atom stereocenters. The minimum Gasteiger partial charge on any atom is -0.843 e. The summed E-state index contributed by atoms with van der Waals surface area (Å²) in [5.74, 6) is 5.46. The van der Waals surface area contributed by atoms with Crippen molar-refractivity contribution < 1.29 is 16.1 Å². The molecule has 86 valence electrons. The smallest absolute Gasteiger partial charge is 0.243 e. The van der Waals surface area contributed by atoms with E-state index in [0.29, 0.717) is 0 Å². The highest BCUT2D eigenvalue weighted by Gasteiger charge is 2.10. The molecule has 0 spiro atoms. The molecule has 15 heavy (non-hydrogen) atoms. The van der Waals surface area contributed by atoms with E-state index >= 15 is 0 Å². The normalized spacial score (nSPS) is 8.27. The standard InChI is InChI=1S/C3H4N8O.H3N.2H2O/c4-11-2(7-8-3(11)12)1-5-9-10-6-1;;;/h4H2,(H,8,12)(H,5,6,9,10);1H3;2*1H2. The molecule has 0 bridgehead atoms. The fourth-order valence-corrected chi connectivity index (χ4v) is 0.686. The van der Waals surface area contributed by atoms with Gasteiger partial charge in [0.05, 0.1) is 0 Å². The maximum Gasteiger partial charge on any atom is 0.243 e. The average molecular weight is 221 g/mol. The van der Waals surface area contributed by atoms with Gasteiger partial charge in [0.15, 0.2) is 0 Å². The molecule has 12 nitrogen and oxygen atoms in total. The first-order chi connectivity index (χ1) is 5.79. The second-order valence-corrected chi connectivity index (χ2v) is 1.91. The monoisotopic (exact) mass is 221 g/mol. The van der Waals surface area contributed by atoms with E-state index in [1.807, 2.05) is 0 Å². The molecule has 0 saturated carbocycles. The van der Waals surface area contributed by atoms with Crippen molar-refractivity contribution in [1.29, 1.82) is 0 Å². The Morgan fingerprint density at radius 3 is 2.27 bits per heavy atom. The van der Waals surface area contributed by atoms with Gasteiger partial charge in [0.25, 0.3) is 0 Å². The first kappa shape index (κ1) is 15.2. The summed E-state index contributed by atoms with van der Waals surface area (Å²) < 4.78 is 0.741. The van der Waals surface area contributed by atoms with Crippen molar-refractivity contribution in [3.63, 3.8) is 0 Å². The van der Waals surface area contributed by atoms with Crippen LogP contribution in [0.15, 0.2) is 0 Å². The van der Waals surface area contributed by atoms with Crippen LogP contribution in [0.4, 0.5) is 0 Å². The van der Waals surface area contributed by atoms with E-state index in [-0.39, 0.29) is 28.8 Å². The summed E-state index contributed by atoms with van der Waals surface area (Å²) in [5.41, 5.74) is 0. The summed E-state index contributed by atoms with van der Waals surface area (Å²) in [6.45, 7) is 0. The number of aromatic nitrogens is 7. The van der Waals surface area contributed by atoms with Gasteiger partial charge in [0.1, 0.15) is 6.01 Å². The molecule has 11 N–H and O–H groups in total. The zero-order valence-corrected chi connectivity index (χ0v) is 7.67. The van der Waals surface area contributed by atoms with Crippen molar-refractivity contribution in [3.05, 3.63) is 0 Å². The van der Waals surface area contributed by atoms with Crippen molar-refractivity contribution in [2.45, 2.75) is 0 Å². The molecule has 0 unspecified atom stereocenters. The number of nitrogen functional groups attached to an aromatic ring is 1. The van der Waals surface area contributed by atoms with Crippen molar-refractivity contribution in [2.24, 2.45) is 0 Å². The van der Waals surface area contributed by atoms with Crippen LogP contribution in [0.3, 0.4) is 0 Å². The zero-order chi connectivity index (χ0) is 8.55. The molecule has 12 heteroatoms. The number of H-pyrrole nitrogens is 1. The number of rotatable bonds is 1. The molecule has 0 amide bonds. The molecule has 0 fully saturated rings. The van der Waals surface area contributed by atoms with Gasteiger partial charge in [-0.25, -0.2) is 4.68 Å². The highest BCUT2D eigenvalue weighted by Crippen LogP contribution is 2.09. The molecule has 2 aromatic heterocycles. The third kappa shape index (κ3) is 2.33. The van der Waals surface area contributed by atoms with E-state index in [0.717, 1.165) is 4.68 Å². The summed E-state index contributed by atoms with van der Waals surface area (Å²) in [6, 6.07) is -0.658. The average Bonchev–Trinajstić information content (AvgIpc) is 2.64. The van der Waals surface area contributed by atoms with Crippen molar-refractivity contribution >= 4 is 0 Å². The van der Waals surface area contributed by atoms with E-state index < -0.39 is 6.01 Å². The van der Waals surface area contributed by atoms with Crippen LogP contribution in [0.5, 0.6) is 6.01 Å². The Morgan fingerprint density at radius 1 is 1.20 bits per heavy atom. The number of nitrogens with one attached hydrogen (secondary N) is 1. The fraction of sp³-hybridized carbons (Fsp3) is 0. The van der Waals surface area contributed by atoms with Crippen LogP contribution in [-0.4, -0.2) is 46.4 Å². The number of quaternary nitrogens is 1. The number of tetrazole rings is 1. The van der Waals surface area contributed by atoms with Crippen LogP contribution < -0.4 is 17.1 Å². The lowest BCUT2D eigenvalue weighted by Gasteiger charge is -2.01. The van der Waals surface area contributed by atoms with Gasteiger partial charge in [0.2, 0.25) is 11.6 Å². The SMILES string of the molecule is Nn1c([O-])nnc1-c1nn[nH]n1.O.O.[NH4+]. The molecule has 0 radical (unpaired) electrons. The lowest BCUT2D eigenvalue weighted by atomic mass is 10.6. The number of hydrogen-bond donors (Lipinski definition) is 3. The molecule has 2 rings (SSSR count). The first-order valence-electron chi connectivity index (χ1n) is 2.90. The maximum absolute atomic E-state index is 10.7. The Balaban J connectivity index is 0. The van der Waals surface area contributed by atoms with Crippen LogP contribution in [0.2, 0.25) is 0 Å². The summed E-state index contributed by atoms with van der Waals surface area (Å²) >= 11 is 0. The predicted molar refractivity (Wildman–Crippen MR) is 46.0 cm³/mol. The summed E-state index contributed by atoms with van der Waals surface area (Å²) in [5, 5.41) is 30.0. The van der Waals surface area contributed by atoms with Gasteiger partial charge in [-0.2, -0.15) is 5.21 Å². The quantitative estimate of drug-likeness (QED) is 0.402. The van der Waals surface area contributed by atoms with Gasteiger partial charge in [-0.15, -0.1) is 20.4 Å². The van der Waals surface area contributed by atoms with Gasteiger partial charge < -0.3 is 28.1 Å². The highest BCUT2D eigenvalue weighted by molar-refractivity contribution is 5.41. The number of hydrogen-bond acceptors (Lipinski definition) is 7. The maximum atomic E-state index is 10.7. The van der Waals surface area contributed by atoms with Crippen LogP contribution in [0.25, 0.3) is 11.6 Å². The molecule has 2 heterocycles. The second kappa shape index (κ2) is 5.43. The molecule has 0 aliphatic carbocycles. The van der Waals surface area contributed by atoms with E-state index in [9.17, 15) is 5.11 Å². The van der Waals surface area contributed by atoms with Crippen molar-refractivity contribution in [1.82, 2.24) is 41.6 Å². The van der Waals surface area contributed by atoms with Gasteiger partial charge >= 0.3 is 0 Å². The molecule has 0 aliphatic rings. The van der Waals surface area contributed by atoms with Crippen LogP contribution in [0, 0.1) is 0 Å². The van der Waals surface area contributed by atoms with E-state index in [1.54, 1.807) is 0 Å². The fourth-order valence-electron chi connectivity index (χ4n) is 0.686. The minimum atomic E-state index is -0.658. The lowest BCUT2D eigenvalue weighted by molar-refractivity contribution is -0.284. The topological polar surface area (TPSA) is 234 Å². The Bertz CT molecular complexity index is 381. The number of nitrogens with two attached hydrogens (primary N) is 1. The van der Waals surface area contributed by atoms with Gasteiger partial charge in [-0.05, 0) is 5.21 Å². The Hall–Kier alpha value is -2.31. The third-order valence-corrected chi connectivity index (χ3v) is 1.21. The predicted octanol–water partition coefficient (Wildman–Crippen LogP) is -4.03.